The quantitative estimate of drug-likeness (QED) is 0.816. The predicted molar refractivity (Wildman–Crippen MR) is 85.9 cm³/mol. The van der Waals surface area contributed by atoms with Crippen LogP contribution in [0.4, 0.5) is 4.39 Å². The number of aliphatic hydroxyl groups is 1. The Balaban J connectivity index is 1.92. The Morgan fingerprint density at radius 2 is 2.00 bits per heavy atom. The van der Waals surface area contributed by atoms with Crippen molar-refractivity contribution in [3.63, 3.8) is 0 Å². The number of aliphatic hydroxyl groups excluding tert-OH is 1. The first-order valence-corrected chi connectivity index (χ1v) is 7.51. The number of carbonyl (C=O) groups is 1. The molecule has 1 unspecified atom stereocenters. The maximum Gasteiger partial charge on any atom is 0.258 e. The molecule has 0 heterocycles. The van der Waals surface area contributed by atoms with Crippen molar-refractivity contribution in [3.8, 4) is 5.75 Å². The third kappa shape index (κ3) is 5.23. The standard InChI is InChI=1S/C17H17ClFNO3/c18-14-10-13(6-7-15(14)19)23-11-17(22)20-16(8-9-21)12-4-2-1-3-5-12/h1-7,10,16,21H,8-9,11H2,(H,20,22). The zero-order valence-corrected chi connectivity index (χ0v) is 13.1. The lowest BCUT2D eigenvalue weighted by Gasteiger charge is -2.18. The molecule has 0 bridgehead atoms. The molecule has 0 aliphatic rings. The van der Waals surface area contributed by atoms with Gasteiger partial charge in [0, 0.05) is 12.7 Å². The van der Waals surface area contributed by atoms with Gasteiger partial charge in [0.05, 0.1) is 11.1 Å². The Morgan fingerprint density at radius 3 is 2.65 bits per heavy atom. The molecule has 0 saturated carbocycles. The lowest BCUT2D eigenvalue weighted by atomic mass is 10.0. The number of hydrogen-bond acceptors (Lipinski definition) is 3. The minimum atomic E-state index is -0.546. The molecule has 0 aliphatic heterocycles. The highest BCUT2D eigenvalue weighted by atomic mass is 35.5. The van der Waals surface area contributed by atoms with E-state index in [0.29, 0.717) is 12.2 Å². The van der Waals surface area contributed by atoms with Crippen LogP contribution in [0.1, 0.15) is 18.0 Å². The number of ether oxygens (including phenoxy) is 1. The molecule has 2 N–H and O–H groups in total. The number of carbonyl (C=O) groups excluding carboxylic acids is 1. The second kappa shape index (κ2) is 8.50. The molecule has 0 aliphatic carbocycles. The van der Waals surface area contributed by atoms with E-state index in [2.05, 4.69) is 5.32 Å². The van der Waals surface area contributed by atoms with Crippen LogP contribution in [0.5, 0.6) is 5.75 Å². The Labute approximate surface area is 138 Å². The molecule has 6 heteroatoms. The summed E-state index contributed by atoms with van der Waals surface area (Å²) in [7, 11) is 0. The van der Waals surface area contributed by atoms with Gasteiger partial charge in [-0.05, 0) is 24.1 Å². The summed E-state index contributed by atoms with van der Waals surface area (Å²) >= 11 is 5.65. The molecule has 0 radical (unpaired) electrons. The summed E-state index contributed by atoms with van der Waals surface area (Å²) in [5.41, 5.74) is 0.903. The minimum Gasteiger partial charge on any atom is -0.484 e. The molecule has 23 heavy (non-hydrogen) atoms. The van der Waals surface area contributed by atoms with Crippen LogP contribution in [0, 0.1) is 5.82 Å². The van der Waals surface area contributed by atoms with Crippen LogP contribution >= 0.6 is 11.6 Å². The Hall–Kier alpha value is -2.11. The van der Waals surface area contributed by atoms with Gasteiger partial charge in [0.25, 0.3) is 5.91 Å². The van der Waals surface area contributed by atoms with Gasteiger partial charge in [-0.25, -0.2) is 4.39 Å². The lowest BCUT2D eigenvalue weighted by molar-refractivity contribution is -0.123. The van der Waals surface area contributed by atoms with Gasteiger partial charge in [-0.2, -0.15) is 0 Å². The second-order valence-corrected chi connectivity index (χ2v) is 5.31. The van der Waals surface area contributed by atoms with Crippen LogP contribution in [0.3, 0.4) is 0 Å². The monoisotopic (exact) mass is 337 g/mol. The highest BCUT2D eigenvalue weighted by Crippen LogP contribution is 2.21. The van der Waals surface area contributed by atoms with E-state index in [0.717, 1.165) is 5.56 Å². The topological polar surface area (TPSA) is 58.6 Å². The van der Waals surface area contributed by atoms with Gasteiger partial charge < -0.3 is 15.2 Å². The Bertz CT molecular complexity index is 652. The predicted octanol–water partition coefficient (Wildman–Crippen LogP) is 3.10. The highest BCUT2D eigenvalue weighted by Gasteiger charge is 2.14. The fraction of sp³-hybridized carbons (Fsp3) is 0.235. The van der Waals surface area contributed by atoms with E-state index in [9.17, 15) is 9.18 Å². The van der Waals surface area contributed by atoms with E-state index in [-0.39, 0.29) is 30.2 Å². The van der Waals surface area contributed by atoms with Crippen LogP contribution < -0.4 is 10.1 Å². The molecule has 4 nitrogen and oxygen atoms in total. The summed E-state index contributed by atoms with van der Waals surface area (Å²) in [6.07, 6.45) is 0.401. The van der Waals surface area contributed by atoms with E-state index >= 15 is 0 Å². The molecule has 1 amide bonds. The summed E-state index contributed by atoms with van der Waals surface area (Å²) in [4.78, 5) is 12.0. The van der Waals surface area contributed by atoms with Crippen LogP contribution in [0.25, 0.3) is 0 Å². The van der Waals surface area contributed by atoms with Gasteiger partial charge in [0.2, 0.25) is 0 Å². The van der Waals surface area contributed by atoms with Crippen molar-refractivity contribution < 1.29 is 19.0 Å². The summed E-state index contributed by atoms with van der Waals surface area (Å²) < 4.78 is 18.3. The number of nitrogens with one attached hydrogen (secondary N) is 1. The molecule has 0 fully saturated rings. The fourth-order valence-corrected chi connectivity index (χ4v) is 2.26. The number of halogens is 2. The van der Waals surface area contributed by atoms with E-state index in [1.807, 2.05) is 30.3 Å². The van der Waals surface area contributed by atoms with Gasteiger partial charge in [0.15, 0.2) is 6.61 Å². The first kappa shape index (κ1) is 17.2. The maximum atomic E-state index is 13.1. The number of rotatable bonds is 7. The van der Waals surface area contributed by atoms with Crippen molar-refractivity contribution in [2.24, 2.45) is 0 Å². The fourth-order valence-electron chi connectivity index (χ4n) is 2.09. The van der Waals surface area contributed by atoms with Crippen molar-refractivity contribution in [2.45, 2.75) is 12.5 Å². The molecule has 0 saturated heterocycles. The summed E-state index contributed by atoms with van der Waals surface area (Å²) in [5, 5.41) is 11.9. The van der Waals surface area contributed by atoms with Crippen molar-refractivity contribution in [3.05, 3.63) is 64.9 Å². The minimum absolute atomic E-state index is 0.0474. The van der Waals surface area contributed by atoms with Gasteiger partial charge >= 0.3 is 0 Å². The SMILES string of the molecule is O=C(COc1ccc(F)c(Cl)c1)NC(CCO)c1ccccc1. The smallest absolute Gasteiger partial charge is 0.258 e. The molecule has 2 aromatic carbocycles. The van der Waals surface area contributed by atoms with E-state index < -0.39 is 5.82 Å². The Morgan fingerprint density at radius 1 is 1.26 bits per heavy atom. The normalized spacial score (nSPS) is 11.8. The van der Waals surface area contributed by atoms with Crippen molar-refractivity contribution in [1.82, 2.24) is 5.32 Å². The van der Waals surface area contributed by atoms with Gasteiger partial charge in [-0.15, -0.1) is 0 Å². The zero-order chi connectivity index (χ0) is 16.7. The average molecular weight is 338 g/mol. The van der Waals surface area contributed by atoms with Crippen LogP contribution in [-0.2, 0) is 4.79 Å². The van der Waals surface area contributed by atoms with Gasteiger partial charge in [0.1, 0.15) is 11.6 Å². The van der Waals surface area contributed by atoms with Crippen molar-refractivity contribution in [1.29, 1.82) is 0 Å². The summed E-state index contributed by atoms with van der Waals surface area (Å²) in [5.74, 6) is -0.576. The van der Waals surface area contributed by atoms with Crippen LogP contribution in [0.2, 0.25) is 5.02 Å². The molecule has 122 valence electrons. The molecule has 0 aromatic heterocycles. The first-order chi connectivity index (χ1) is 11.1. The third-order valence-corrected chi connectivity index (χ3v) is 3.51. The molecular weight excluding hydrogens is 321 g/mol. The van der Waals surface area contributed by atoms with E-state index in [4.69, 9.17) is 21.4 Å². The van der Waals surface area contributed by atoms with E-state index in [1.54, 1.807) is 0 Å². The number of amides is 1. The molecule has 1 atom stereocenters. The molecular formula is C17H17ClFNO3. The zero-order valence-electron chi connectivity index (χ0n) is 12.3. The number of hydrogen-bond donors (Lipinski definition) is 2. The largest absolute Gasteiger partial charge is 0.484 e. The third-order valence-electron chi connectivity index (χ3n) is 3.22. The Kier molecular flexibility index (Phi) is 6.38. The highest BCUT2D eigenvalue weighted by molar-refractivity contribution is 6.30. The van der Waals surface area contributed by atoms with E-state index in [1.165, 1.54) is 18.2 Å². The average Bonchev–Trinajstić information content (AvgIpc) is 2.56. The van der Waals surface area contributed by atoms with Gasteiger partial charge in [-0.3, -0.25) is 4.79 Å². The number of benzene rings is 2. The second-order valence-electron chi connectivity index (χ2n) is 4.91. The lowest BCUT2D eigenvalue weighted by Crippen LogP contribution is -2.33. The van der Waals surface area contributed by atoms with Crippen LogP contribution in [-0.4, -0.2) is 24.2 Å². The molecule has 2 aromatic rings. The molecule has 2 rings (SSSR count). The molecule has 0 spiro atoms. The first-order valence-electron chi connectivity index (χ1n) is 7.13. The van der Waals surface area contributed by atoms with Crippen molar-refractivity contribution in [2.75, 3.05) is 13.2 Å². The summed E-state index contributed by atoms with van der Waals surface area (Å²) in [6.45, 7) is -0.273. The maximum absolute atomic E-state index is 13.1. The summed E-state index contributed by atoms with van der Waals surface area (Å²) in [6, 6.07) is 12.9. The van der Waals surface area contributed by atoms with Crippen molar-refractivity contribution >= 4 is 17.5 Å². The van der Waals surface area contributed by atoms with Crippen LogP contribution in [0.15, 0.2) is 48.5 Å². The van der Waals surface area contributed by atoms with Gasteiger partial charge in [-0.1, -0.05) is 41.9 Å².